The minimum Gasteiger partial charge on any atom is -0.508 e. The summed E-state index contributed by atoms with van der Waals surface area (Å²) in [5, 5.41) is 12.9. The number of pyridine rings is 1. The van der Waals surface area contributed by atoms with E-state index in [9.17, 15) is 5.11 Å². The van der Waals surface area contributed by atoms with Gasteiger partial charge in [0.1, 0.15) is 5.75 Å². The van der Waals surface area contributed by atoms with Gasteiger partial charge in [0.05, 0.1) is 11.7 Å². The highest BCUT2D eigenvalue weighted by molar-refractivity contribution is 5.49. The van der Waals surface area contributed by atoms with Gasteiger partial charge in [-0.1, -0.05) is 12.1 Å². The number of phenolic OH excluding ortho intramolecular Hbond substituents is 1. The molecule has 0 aliphatic heterocycles. The van der Waals surface area contributed by atoms with Gasteiger partial charge in [-0.3, -0.25) is 4.98 Å². The summed E-state index contributed by atoms with van der Waals surface area (Å²) in [4.78, 5) is 4.49. The van der Waals surface area contributed by atoms with Crippen molar-refractivity contribution in [2.75, 3.05) is 5.32 Å². The van der Waals surface area contributed by atoms with E-state index >= 15 is 0 Å². The third kappa shape index (κ3) is 2.16. The molecule has 0 fully saturated rings. The van der Waals surface area contributed by atoms with Crippen LogP contribution < -0.4 is 5.32 Å². The van der Waals surface area contributed by atoms with Gasteiger partial charge in [0, 0.05) is 18.0 Å². The van der Waals surface area contributed by atoms with Crippen molar-refractivity contribution >= 4 is 5.69 Å². The minimum absolute atomic E-state index is 0.247. The second-order valence-electron chi connectivity index (χ2n) is 4.69. The lowest BCUT2D eigenvalue weighted by atomic mass is 9.92. The molecule has 2 aromatic rings. The molecular weight excluding hydrogens is 224 g/mol. The topological polar surface area (TPSA) is 45.1 Å². The van der Waals surface area contributed by atoms with Crippen LogP contribution in [-0.4, -0.2) is 10.1 Å². The van der Waals surface area contributed by atoms with Crippen LogP contribution in [0.1, 0.15) is 30.1 Å². The zero-order chi connectivity index (χ0) is 12.4. The molecule has 1 aromatic carbocycles. The number of benzene rings is 1. The Morgan fingerprint density at radius 3 is 3.06 bits per heavy atom. The molecule has 1 aliphatic rings. The molecule has 1 unspecified atom stereocenters. The number of aromatic hydroxyl groups is 1. The summed E-state index contributed by atoms with van der Waals surface area (Å²) in [6, 6.07) is 11.6. The number of nitrogens with one attached hydrogen (secondary N) is 1. The molecule has 0 saturated carbocycles. The van der Waals surface area contributed by atoms with E-state index in [1.807, 2.05) is 24.4 Å². The fourth-order valence-corrected chi connectivity index (χ4v) is 2.55. The molecule has 92 valence electrons. The third-order valence-electron chi connectivity index (χ3n) is 3.38. The zero-order valence-corrected chi connectivity index (χ0v) is 10.1. The molecule has 3 heteroatoms. The molecule has 18 heavy (non-hydrogen) atoms. The maximum atomic E-state index is 9.48. The van der Waals surface area contributed by atoms with Crippen LogP contribution in [0.4, 0.5) is 5.69 Å². The smallest absolute Gasteiger partial charge is 0.117 e. The normalized spacial score (nSPS) is 18.1. The van der Waals surface area contributed by atoms with Crippen LogP contribution in [0.3, 0.4) is 0 Å². The lowest BCUT2D eigenvalue weighted by molar-refractivity contribution is 0.475. The highest BCUT2D eigenvalue weighted by Gasteiger charge is 2.20. The summed E-state index contributed by atoms with van der Waals surface area (Å²) in [7, 11) is 0. The molecule has 2 N–H and O–H groups in total. The maximum Gasteiger partial charge on any atom is 0.117 e. The summed E-state index contributed by atoms with van der Waals surface area (Å²) in [6.07, 6.45) is 5.22. The van der Waals surface area contributed by atoms with Gasteiger partial charge in [-0.25, -0.2) is 0 Å². The third-order valence-corrected chi connectivity index (χ3v) is 3.38. The standard InChI is InChI=1S/C15H16N2O/c18-13-7-2-6-12(10-13)17-14-8-1-4-11-5-3-9-16-15(11)14/h2-3,5-7,9-10,14,17-18H,1,4,8H2. The van der Waals surface area contributed by atoms with Crippen molar-refractivity contribution in [1.82, 2.24) is 4.98 Å². The van der Waals surface area contributed by atoms with Crippen LogP contribution >= 0.6 is 0 Å². The van der Waals surface area contributed by atoms with E-state index in [2.05, 4.69) is 16.4 Å². The monoisotopic (exact) mass is 240 g/mol. The van der Waals surface area contributed by atoms with Crippen LogP contribution in [0, 0.1) is 0 Å². The Balaban J connectivity index is 1.86. The Morgan fingerprint density at radius 1 is 1.22 bits per heavy atom. The van der Waals surface area contributed by atoms with Crippen LogP contribution in [0.5, 0.6) is 5.75 Å². The van der Waals surface area contributed by atoms with Gasteiger partial charge in [-0.15, -0.1) is 0 Å². The van der Waals surface area contributed by atoms with Gasteiger partial charge in [-0.05, 0) is 43.0 Å². The first-order chi connectivity index (χ1) is 8.83. The molecule has 1 aromatic heterocycles. The average Bonchev–Trinajstić information content (AvgIpc) is 2.39. The van der Waals surface area contributed by atoms with Crippen molar-refractivity contribution in [2.45, 2.75) is 25.3 Å². The van der Waals surface area contributed by atoms with E-state index in [0.29, 0.717) is 0 Å². The molecule has 0 radical (unpaired) electrons. The number of hydrogen-bond donors (Lipinski definition) is 2. The maximum absolute atomic E-state index is 9.48. The Hall–Kier alpha value is -2.03. The Labute approximate surface area is 107 Å². The fraction of sp³-hybridized carbons (Fsp3) is 0.267. The predicted molar refractivity (Wildman–Crippen MR) is 71.6 cm³/mol. The number of hydrogen-bond acceptors (Lipinski definition) is 3. The molecule has 0 bridgehead atoms. The molecule has 0 spiro atoms. The summed E-state index contributed by atoms with van der Waals surface area (Å²) in [6.45, 7) is 0. The van der Waals surface area contributed by atoms with Crippen molar-refractivity contribution in [1.29, 1.82) is 0 Å². The fourth-order valence-electron chi connectivity index (χ4n) is 2.55. The Bertz CT molecular complexity index is 554. The van der Waals surface area contributed by atoms with Gasteiger partial charge in [-0.2, -0.15) is 0 Å². The Kier molecular flexibility index (Phi) is 2.89. The predicted octanol–water partition coefficient (Wildman–Crippen LogP) is 3.28. The van der Waals surface area contributed by atoms with Crippen molar-refractivity contribution in [3.05, 3.63) is 53.9 Å². The number of anilines is 1. The minimum atomic E-state index is 0.247. The molecule has 0 saturated heterocycles. The van der Waals surface area contributed by atoms with Gasteiger partial charge in [0.25, 0.3) is 0 Å². The molecule has 1 atom stereocenters. The summed E-state index contributed by atoms with van der Waals surface area (Å²) < 4.78 is 0. The highest BCUT2D eigenvalue weighted by Crippen LogP contribution is 2.31. The van der Waals surface area contributed by atoms with Crippen LogP contribution in [0.15, 0.2) is 42.6 Å². The molecule has 3 rings (SSSR count). The highest BCUT2D eigenvalue weighted by atomic mass is 16.3. The average molecular weight is 240 g/mol. The SMILES string of the molecule is Oc1cccc(NC2CCCc3cccnc32)c1. The van der Waals surface area contributed by atoms with Crippen molar-refractivity contribution in [2.24, 2.45) is 0 Å². The zero-order valence-electron chi connectivity index (χ0n) is 10.1. The molecular formula is C15H16N2O. The van der Waals surface area contributed by atoms with E-state index in [4.69, 9.17) is 0 Å². The largest absolute Gasteiger partial charge is 0.508 e. The van der Waals surface area contributed by atoms with Gasteiger partial charge in [0.15, 0.2) is 0 Å². The number of aromatic nitrogens is 1. The van der Waals surface area contributed by atoms with Crippen molar-refractivity contribution in [3.63, 3.8) is 0 Å². The first-order valence-corrected chi connectivity index (χ1v) is 6.32. The number of fused-ring (bicyclic) bond motifs is 1. The summed E-state index contributed by atoms with van der Waals surface area (Å²) in [5.74, 6) is 0.289. The van der Waals surface area contributed by atoms with E-state index in [1.165, 1.54) is 12.0 Å². The molecule has 1 aliphatic carbocycles. The number of aryl methyl sites for hydroxylation is 1. The van der Waals surface area contributed by atoms with E-state index in [0.717, 1.165) is 24.2 Å². The number of rotatable bonds is 2. The molecule has 3 nitrogen and oxygen atoms in total. The molecule has 1 heterocycles. The van der Waals surface area contributed by atoms with Crippen molar-refractivity contribution < 1.29 is 5.11 Å². The summed E-state index contributed by atoms with van der Waals surface area (Å²) in [5.41, 5.74) is 3.42. The van der Waals surface area contributed by atoms with Crippen molar-refractivity contribution in [3.8, 4) is 5.75 Å². The quantitative estimate of drug-likeness (QED) is 0.846. The van der Waals surface area contributed by atoms with Crippen LogP contribution in [0.2, 0.25) is 0 Å². The first kappa shape index (κ1) is 11.1. The van der Waals surface area contributed by atoms with Gasteiger partial charge >= 0.3 is 0 Å². The van der Waals surface area contributed by atoms with E-state index in [-0.39, 0.29) is 11.8 Å². The number of phenols is 1. The summed E-state index contributed by atoms with van der Waals surface area (Å²) >= 11 is 0. The van der Waals surface area contributed by atoms with E-state index < -0.39 is 0 Å². The van der Waals surface area contributed by atoms with E-state index in [1.54, 1.807) is 12.1 Å². The second-order valence-corrected chi connectivity index (χ2v) is 4.69. The Morgan fingerprint density at radius 2 is 2.17 bits per heavy atom. The molecule has 0 amide bonds. The lowest BCUT2D eigenvalue weighted by Crippen LogP contribution is -2.18. The van der Waals surface area contributed by atoms with Crippen LogP contribution in [-0.2, 0) is 6.42 Å². The van der Waals surface area contributed by atoms with Gasteiger partial charge in [0.2, 0.25) is 0 Å². The number of nitrogens with zero attached hydrogens (tertiary/aromatic N) is 1. The van der Waals surface area contributed by atoms with Gasteiger partial charge < -0.3 is 10.4 Å². The first-order valence-electron chi connectivity index (χ1n) is 6.32. The van der Waals surface area contributed by atoms with Crippen LogP contribution in [0.25, 0.3) is 0 Å². The second kappa shape index (κ2) is 4.69. The lowest BCUT2D eigenvalue weighted by Gasteiger charge is -2.26.